The number of amides is 2. The average Bonchev–Trinajstić information content (AvgIpc) is 2.73. The summed E-state index contributed by atoms with van der Waals surface area (Å²) in [5.74, 6) is -1.86. The molecule has 1 heterocycles. The summed E-state index contributed by atoms with van der Waals surface area (Å²) in [6.07, 6.45) is -3.56. The quantitative estimate of drug-likeness (QED) is 0.573. The normalized spacial score (nSPS) is 14.9. The minimum absolute atomic E-state index is 0.0427. The number of hydrogen-bond acceptors (Lipinski definition) is 2. The standard InChI is InChI=1S/C22H23F3N4O2/c23-22(24,25)18-13-16(20(31)28-21(26)27)6-7-17(18)15-8-10-29(11-9-15)19(30)12-14-4-2-1-3-5-14/h1-7,13,15H,8-12H2,(H4,26,27,28,31). The molecule has 4 N–H and O–H groups in total. The molecule has 164 valence electrons. The van der Waals surface area contributed by atoms with Crippen molar-refractivity contribution < 1.29 is 22.8 Å². The molecular weight excluding hydrogens is 409 g/mol. The van der Waals surface area contributed by atoms with Crippen LogP contribution in [-0.4, -0.2) is 35.8 Å². The Balaban J connectivity index is 1.74. The van der Waals surface area contributed by atoms with Crippen LogP contribution in [-0.2, 0) is 17.4 Å². The van der Waals surface area contributed by atoms with E-state index in [1.54, 1.807) is 4.90 Å². The largest absolute Gasteiger partial charge is 0.416 e. The maximum absolute atomic E-state index is 13.7. The van der Waals surface area contributed by atoms with Crippen molar-refractivity contribution in [2.24, 2.45) is 16.5 Å². The Morgan fingerprint density at radius 3 is 2.26 bits per heavy atom. The van der Waals surface area contributed by atoms with E-state index in [9.17, 15) is 22.8 Å². The van der Waals surface area contributed by atoms with E-state index in [4.69, 9.17) is 11.5 Å². The molecule has 0 atom stereocenters. The smallest absolute Gasteiger partial charge is 0.370 e. The Labute approximate surface area is 177 Å². The van der Waals surface area contributed by atoms with Crippen molar-refractivity contribution in [3.05, 3.63) is 70.8 Å². The van der Waals surface area contributed by atoms with Crippen LogP contribution in [0.5, 0.6) is 0 Å². The first-order valence-electron chi connectivity index (χ1n) is 9.82. The van der Waals surface area contributed by atoms with Crippen LogP contribution < -0.4 is 11.5 Å². The number of halogens is 3. The number of carbonyl (C=O) groups is 2. The highest BCUT2D eigenvalue weighted by Crippen LogP contribution is 2.39. The number of hydrogen-bond donors (Lipinski definition) is 2. The van der Waals surface area contributed by atoms with Crippen molar-refractivity contribution in [3.63, 3.8) is 0 Å². The lowest BCUT2D eigenvalue weighted by Gasteiger charge is -2.33. The number of benzene rings is 2. The predicted molar refractivity (Wildman–Crippen MR) is 110 cm³/mol. The van der Waals surface area contributed by atoms with Crippen molar-refractivity contribution >= 4 is 17.8 Å². The van der Waals surface area contributed by atoms with Crippen LogP contribution in [0.4, 0.5) is 13.2 Å². The summed E-state index contributed by atoms with van der Waals surface area (Å²) < 4.78 is 41.1. The predicted octanol–water partition coefficient (Wildman–Crippen LogP) is 3.07. The van der Waals surface area contributed by atoms with Gasteiger partial charge in [0.2, 0.25) is 5.91 Å². The molecule has 0 aliphatic carbocycles. The van der Waals surface area contributed by atoms with Gasteiger partial charge < -0.3 is 16.4 Å². The van der Waals surface area contributed by atoms with Crippen LogP contribution in [0.15, 0.2) is 53.5 Å². The Kier molecular flexibility index (Phi) is 6.62. The second kappa shape index (κ2) is 9.20. The van der Waals surface area contributed by atoms with Gasteiger partial charge in [-0.2, -0.15) is 18.2 Å². The number of rotatable bonds is 4. The van der Waals surface area contributed by atoms with Gasteiger partial charge in [-0.05, 0) is 42.0 Å². The summed E-state index contributed by atoms with van der Waals surface area (Å²) in [5.41, 5.74) is 10.2. The molecule has 2 aromatic carbocycles. The lowest BCUT2D eigenvalue weighted by atomic mass is 9.85. The third-order valence-electron chi connectivity index (χ3n) is 5.32. The minimum atomic E-state index is -4.64. The van der Waals surface area contributed by atoms with E-state index in [0.717, 1.165) is 11.6 Å². The molecule has 0 saturated carbocycles. The van der Waals surface area contributed by atoms with Gasteiger partial charge in [-0.1, -0.05) is 36.4 Å². The zero-order chi connectivity index (χ0) is 22.6. The van der Waals surface area contributed by atoms with Crippen LogP contribution >= 0.6 is 0 Å². The summed E-state index contributed by atoms with van der Waals surface area (Å²) in [5, 5.41) is 0. The first-order chi connectivity index (χ1) is 14.6. The van der Waals surface area contributed by atoms with Gasteiger partial charge in [-0.15, -0.1) is 0 Å². The number of piperidine rings is 1. The van der Waals surface area contributed by atoms with Crippen molar-refractivity contribution in [3.8, 4) is 0 Å². The van der Waals surface area contributed by atoms with E-state index in [-0.39, 0.29) is 29.4 Å². The highest BCUT2D eigenvalue weighted by molar-refractivity contribution is 6.02. The number of aliphatic imine (C=N–C) groups is 1. The summed E-state index contributed by atoms with van der Waals surface area (Å²) in [7, 11) is 0. The molecule has 6 nitrogen and oxygen atoms in total. The number of nitrogens with zero attached hydrogens (tertiary/aromatic N) is 2. The number of guanidine groups is 1. The third kappa shape index (κ3) is 5.62. The van der Waals surface area contributed by atoms with E-state index < -0.39 is 23.6 Å². The molecule has 0 unspecified atom stereocenters. The van der Waals surface area contributed by atoms with Gasteiger partial charge in [0.05, 0.1) is 12.0 Å². The maximum Gasteiger partial charge on any atom is 0.416 e. The number of likely N-dealkylation sites (tertiary alicyclic amines) is 1. The Morgan fingerprint density at radius 1 is 1.03 bits per heavy atom. The number of carbonyl (C=O) groups excluding carboxylic acids is 2. The molecule has 1 saturated heterocycles. The first kappa shape index (κ1) is 22.3. The number of nitrogens with two attached hydrogens (primary N) is 2. The van der Waals surface area contributed by atoms with Crippen molar-refractivity contribution in [1.29, 1.82) is 0 Å². The first-order valence-corrected chi connectivity index (χ1v) is 9.82. The SMILES string of the molecule is NC(N)=NC(=O)c1ccc(C2CCN(C(=O)Cc3ccccc3)CC2)c(C(F)(F)F)c1. The molecule has 2 aromatic rings. The van der Waals surface area contributed by atoms with E-state index in [1.165, 1.54) is 12.1 Å². The topological polar surface area (TPSA) is 102 Å². The summed E-state index contributed by atoms with van der Waals surface area (Å²) in [4.78, 5) is 29.4. The van der Waals surface area contributed by atoms with Gasteiger partial charge in [0.15, 0.2) is 5.96 Å². The lowest BCUT2D eigenvalue weighted by Crippen LogP contribution is -2.39. The molecule has 2 amide bonds. The molecule has 1 aliphatic rings. The molecule has 0 spiro atoms. The van der Waals surface area contributed by atoms with Gasteiger partial charge in [-0.25, -0.2) is 0 Å². The lowest BCUT2D eigenvalue weighted by molar-refractivity contribution is -0.139. The highest BCUT2D eigenvalue weighted by Gasteiger charge is 2.37. The van der Waals surface area contributed by atoms with Crippen LogP contribution in [0.25, 0.3) is 0 Å². The summed E-state index contributed by atoms with van der Waals surface area (Å²) in [6.45, 7) is 0.755. The fraction of sp³-hybridized carbons (Fsp3) is 0.318. The Morgan fingerprint density at radius 2 is 1.68 bits per heavy atom. The fourth-order valence-corrected chi connectivity index (χ4v) is 3.79. The molecule has 0 bridgehead atoms. The Bertz CT molecular complexity index is 978. The molecule has 0 aromatic heterocycles. The Hall–Kier alpha value is -3.36. The van der Waals surface area contributed by atoms with Crippen molar-refractivity contribution in [2.75, 3.05) is 13.1 Å². The zero-order valence-corrected chi connectivity index (χ0v) is 16.7. The van der Waals surface area contributed by atoms with Crippen molar-refractivity contribution in [2.45, 2.75) is 31.4 Å². The van der Waals surface area contributed by atoms with Crippen LogP contribution in [0, 0.1) is 0 Å². The molecule has 3 rings (SSSR count). The van der Waals surface area contributed by atoms with Gasteiger partial charge in [0.1, 0.15) is 0 Å². The van der Waals surface area contributed by atoms with Crippen LogP contribution in [0.3, 0.4) is 0 Å². The van der Waals surface area contributed by atoms with E-state index in [0.29, 0.717) is 25.9 Å². The molecule has 0 radical (unpaired) electrons. The third-order valence-corrected chi connectivity index (χ3v) is 5.32. The van der Waals surface area contributed by atoms with Gasteiger partial charge >= 0.3 is 6.18 Å². The van der Waals surface area contributed by atoms with Crippen LogP contribution in [0.1, 0.15) is 45.8 Å². The van der Waals surface area contributed by atoms with Gasteiger partial charge in [0, 0.05) is 18.7 Å². The minimum Gasteiger partial charge on any atom is -0.370 e. The molecule has 31 heavy (non-hydrogen) atoms. The maximum atomic E-state index is 13.7. The average molecular weight is 432 g/mol. The van der Waals surface area contributed by atoms with Gasteiger partial charge in [0.25, 0.3) is 5.91 Å². The second-order valence-electron chi connectivity index (χ2n) is 7.46. The van der Waals surface area contributed by atoms with Gasteiger partial charge in [-0.3, -0.25) is 9.59 Å². The van der Waals surface area contributed by atoms with Crippen LogP contribution in [0.2, 0.25) is 0 Å². The molecule has 1 aliphatic heterocycles. The molecule has 9 heteroatoms. The van der Waals surface area contributed by atoms with E-state index >= 15 is 0 Å². The second-order valence-corrected chi connectivity index (χ2v) is 7.46. The summed E-state index contributed by atoms with van der Waals surface area (Å²) in [6, 6.07) is 12.7. The van der Waals surface area contributed by atoms with E-state index in [1.807, 2.05) is 30.3 Å². The summed E-state index contributed by atoms with van der Waals surface area (Å²) >= 11 is 0. The molecular formula is C22H23F3N4O2. The highest BCUT2D eigenvalue weighted by atomic mass is 19.4. The monoisotopic (exact) mass is 432 g/mol. The zero-order valence-electron chi connectivity index (χ0n) is 16.7. The fourth-order valence-electron chi connectivity index (χ4n) is 3.79. The van der Waals surface area contributed by atoms with Crippen molar-refractivity contribution in [1.82, 2.24) is 4.90 Å². The number of alkyl halides is 3. The van der Waals surface area contributed by atoms with E-state index in [2.05, 4.69) is 4.99 Å². The molecule has 1 fully saturated rings.